The molecule has 0 spiro atoms. The van der Waals surface area contributed by atoms with E-state index in [1.807, 2.05) is 0 Å². The van der Waals surface area contributed by atoms with E-state index in [4.69, 9.17) is 0 Å². The van der Waals surface area contributed by atoms with Gasteiger partial charge in [0.1, 0.15) is 16.5 Å². The number of H-pyrrole nitrogens is 1. The molecule has 0 saturated carbocycles. The lowest BCUT2D eigenvalue weighted by atomic mass is 10.3. The van der Waals surface area contributed by atoms with Crippen LogP contribution >= 0.6 is 15.9 Å². The van der Waals surface area contributed by atoms with Crippen LogP contribution in [0.4, 0.5) is 8.78 Å². The molecule has 0 fully saturated rings. The molecule has 0 atom stereocenters. The van der Waals surface area contributed by atoms with E-state index in [9.17, 15) is 17.2 Å². The minimum absolute atomic E-state index is 0.00902. The van der Waals surface area contributed by atoms with Gasteiger partial charge in [-0.2, -0.15) is 0 Å². The van der Waals surface area contributed by atoms with Crippen molar-refractivity contribution >= 4 is 26.0 Å². The molecule has 1 aromatic heterocycles. The summed E-state index contributed by atoms with van der Waals surface area (Å²) in [6.45, 7) is 0.00902. The summed E-state index contributed by atoms with van der Waals surface area (Å²) >= 11 is 2.85. The van der Waals surface area contributed by atoms with Crippen LogP contribution in [0.3, 0.4) is 0 Å². The van der Waals surface area contributed by atoms with Gasteiger partial charge in [-0.1, -0.05) is 0 Å². The molecule has 0 aliphatic heterocycles. The van der Waals surface area contributed by atoms with Gasteiger partial charge in [-0.3, -0.25) is 0 Å². The summed E-state index contributed by atoms with van der Waals surface area (Å²) in [5, 5.41) is 0. The molecule has 4 nitrogen and oxygen atoms in total. The summed E-state index contributed by atoms with van der Waals surface area (Å²) in [7, 11) is -4.07. The molecule has 102 valence electrons. The second-order valence-corrected chi connectivity index (χ2v) is 6.30. The van der Waals surface area contributed by atoms with E-state index < -0.39 is 26.6 Å². The predicted octanol–water partition coefficient (Wildman–Crippen LogP) is 2.53. The fourth-order valence-corrected chi connectivity index (χ4v) is 3.68. The van der Waals surface area contributed by atoms with Gasteiger partial charge in [0, 0.05) is 29.5 Å². The van der Waals surface area contributed by atoms with Gasteiger partial charge in [-0.25, -0.2) is 21.9 Å². The summed E-state index contributed by atoms with van der Waals surface area (Å²) in [5.74, 6) is -2.00. The molecule has 0 aliphatic rings. The van der Waals surface area contributed by atoms with E-state index in [1.54, 1.807) is 18.5 Å². The topological polar surface area (TPSA) is 62.0 Å². The Labute approximate surface area is 117 Å². The number of aromatic amines is 1. The Bertz CT molecular complexity index is 664. The van der Waals surface area contributed by atoms with Gasteiger partial charge in [0.2, 0.25) is 10.0 Å². The highest BCUT2D eigenvalue weighted by Gasteiger charge is 2.23. The molecule has 8 heteroatoms. The van der Waals surface area contributed by atoms with Crippen LogP contribution in [-0.2, 0) is 16.6 Å². The Morgan fingerprint density at radius 2 is 2.05 bits per heavy atom. The van der Waals surface area contributed by atoms with Crippen LogP contribution in [0.1, 0.15) is 5.56 Å². The minimum Gasteiger partial charge on any atom is -0.367 e. The highest BCUT2D eigenvalue weighted by molar-refractivity contribution is 9.10. The van der Waals surface area contributed by atoms with Crippen molar-refractivity contribution in [2.45, 2.75) is 11.4 Å². The highest BCUT2D eigenvalue weighted by Crippen LogP contribution is 2.26. The molecule has 0 radical (unpaired) electrons. The number of halogens is 3. The summed E-state index contributed by atoms with van der Waals surface area (Å²) < 4.78 is 52.5. The van der Waals surface area contributed by atoms with Crippen LogP contribution < -0.4 is 4.72 Å². The first kappa shape index (κ1) is 14.2. The van der Waals surface area contributed by atoms with E-state index in [1.165, 1.54) is 0 Å². The van der Waals surface area contributed by atoms with Crippen molar-refractivity contribution in [3.63, 3.8) is 0 Å². The zero-order chi connectivity index (χ0) is 14.0. The largest absolute Gasteiger partial charge is 0.367 e. The molecule has 19 heavy (non-hydrogen) atoms. The number of aromatic nitrogens is 1. The maximum absolute atomic E-state index is 13.6. The molecule has 0 unspecified atom stereocenters. The molecule has 0 aliphatic carbocycles. The predicted molar refractivity (Wildman–Crippen MR) is 68.9 cm³/mol. The normalized spacial score (nSPS) is 11.7. The van der Waals surface area contributed by atoms with Crippen molar-refractivity contribution in [1.29, 1.82) is 0 Å². The number of benzene rings is 1. The van der Waals surface area contributed by atoms with Gasteiger partial charge in [0.25, 0.3) is 0 Å². The van der Waals surface area contributed by atoms with Crippen LogP contribution in [0.25, 0.3) is 0 Å². The second-order valence-electron chi connectivity index (χ2n) is 3.74. The van der Waals surface area contributed by atoms with E-state index in [2.05, 4.69) is 25.6 Å². The van der Waals surface area contributed by atoms with E-state index in [0.717, 1.165) is 6.07 Å². The molecular weight excluding hydrogens is 342 g/mol. The molecular formula is C11H9BrF2N2O2S. The van der Waals surface area contributed by atoms with E-state index >= 15 is 0 Å². The van der Waals surface area contributed by atoms with Crippen molar-refractivity contribution in [2.24, 2.45) is 0 Å². The summed E-state index contributed by atoms with van der Waals surface area (Å²) in [6.07, 6.45) is 3.25. The van der Waals surface area contributed by atoms with Crippen molar-refractivity contribution in [2.75, 3.05) is 0 Å². The first-order chi connectivity index (χ1) is 8.90. The van der Waals surface area contributed by atoms with Gasteiger partial charge in [0.15, 0.2) is 0 Å². The zero-order valence-corrected chi connectivity index (χ0v) is 11.9. The molecule has 0 saturated heterocycles. The van der Waals surface area contributed by atoms with Gasteiger partial charge in [0.05, 0.1) is 0 Å². The Hall–Kier alpha value is -1.25. The number of sulfonamides is 1. The van der Waals surface area contributed by atoms with Gasteiger partial charge < -0.3 is 4.98 Å². The lowest BCUT2D eigenvalue weighted by Crippen LogP contribution is -2.24. The van der Waals surface area contributed by atoms with Gasteiger partial charge in [-0.15, -0.1) is 0 Å². The van der Waals surface area contributed by atoms with Crippen molar-refractivity contribution in [3.05, 3.63) is 52.3 Å². The standard InChI is InChI=1S/C11H9BrF2N2O2S/c12-9-3-8(13)4-10(14)11(9)19(17,18)16-6-7-1-2-15-5-7/h1-5,15-16H,6H2. The summed E-state index contributed by atoms with van der Waals surface area (Å²) in [5.41, 5.74) is 0.696. The van der Waals surface area contributed by atoms with Gasteiger partial charge in [-0.05, 0) is 33.6 Å². The maximum Gasteiger partial charge on any atom is 0.244 e. The minimum atomic E-state index is -4.07. The quantitative estimate of drug-likeness (QED) is 0.889. The van der Waals surface area contributed by atoms with Crippen LogP contribution in [0.5, 0.6) is 0 Å². The number of rotatable bonds is 4. The average molecular weight is 351 g/mol. The molecule has 0 bridgehead atoms. The lowest BCUT2D eigenvalue weighted by molar-refractivity contribution is 0.540. The Morgan fingerprint density at radius 1 is 1.32 bits per heavy atom. The molecule has 1 aromatic carbocycles. The first-order valence-corrected chi connectivity index (χ1v) is 7.43. The van der Waals surface area contributed by atoms with Crippen LogP contribution in [-0.4, -0.2) is 13.4 Å². The summed E-state index contributed by atoms with van der Waals surface area (Å²) in [6, 6.07) is 3.10. The number of nitrogens with one attached hydrogen (secondary N) is 2. The van der Waals surface area contributed by atoms with E-state index in [0.29, 0.717) is 11.6 Å². The third-order valence-electron chi connectivity index (χ3n) is 2.36. The monoisotopic (exact) mass is 350 g/mol. The molecule has 1 heterocycles. The molecule has 0 amide bonds. The second kappa shape index (κ2) is 5.40. The van der Waals surface area contributed by atoms with Gasteiger partial charge >= 0.3 is 0 Å². The SMILES string of the molecule is O=S(=O)(NCc1cc[nH]c1)c1c(F)cc(F)cc1Br. The Balaban J connectivity index is 2.29. The van der Waals surface area contributed by atoms with Crippen LogP contribution in [0.15, 0.2) is 40.0 Å². The number of hydrogen-bond donors (Lipinski definition) is 2. The summed E-state index contributed by atoms with van der Waals surface area (Å²) in [4.78, 5) is 2.16. The fraction of sp³-hybridized carbons (Fsp3) is 0.0909. The van der Waals surface area contributed by atoms with E-state index in [-0.39, 0.29) is 11.0 Å². The zero-order valence-electron chi connectivity index (χ0n) is 9.45. The van der Waals surface area contributed by atoms with Crippen molar-refractivity contribution < 1.29 is 17.2 Å². The number of hydrogen-bond acceptors (Lipinski definition) is 2. The smallest absolute Gasteiger partial charge is 0.244 e. The maximum atomic E-state index is 13.6. The lowest BCUT2D eigenvalue weighted by Gasteiger charge is -2.09. The highest BCUT2D eigenvalue weighted by atomic mass is 79.9. The fourth-order valence-electron chi connectivity index (χ4n) is 1.50. The average Bonchev–Trinajstić information content (AvgIpc) is 2.77. The molecule has 2 rings (SSSR count). The third kappa shape index (κ3) is 3.20. The molecule has 2 N–H and O–H groups in total. The Morgan fingerprint density at radius 3 is 2.63 bits per heavy atom. The third-order valence-corrected chi connectivity index (χ3v) is 4.73. The van der Waals surface area contributed by atoms with Crippen LogP contribution in [0, 0.1) is 11.6 Å². The molecule has 2 aromatic rings. The first-order valence-electron chi connectivity index (χ1n) is 5.16. The van der Waals surface area contributed by atoms with Crippen LogP contribution in [0.2, 0.25) is 0 Å². The van der Waals surface area contributed by atoms with Crippen molar-refractivity contribution in [3.8, 4) is 0 Å². The Kier molecular flexibility index (Phi) is 4.02. The van der Waals surface area contributed by atoms with Crippen molar-refractivity contribution in [1.82, 2.24) is 9.71 Å².